The third-order valence-electron chi connectivity index (χ3n) is 3.01. The number of hydrogen-bond acceptors (Lipinski definition) is 3. The normalized spacial score (nSPS) is 13.2. The second kappa shape index (κ2) is 8.07. The lowest BCUT2D eigenvalue weighted by atomic mass is 10.1. The highest BCUT2D eigenvalue weighted by molar-refractivity contribution is 7.09. The second-order valence-electron chi connectivity index (χ2n) is 4.83. The Morgan fingerprint density at radius 2 is 2.20 bits per heavy atom. The zero-order valence-corrected chi connectivity index (χ0v) is 13.6. The van der Waals surface area contributed by atoms with Gasteiger partial charge in [-0.2, -0.15) is 11.3 Å². The van der Waals surface area contributed by atoms with Gasteiger partial charge in [-0.1, -0.05) is 13.0 Å². The zero-order chi connectivity index (χ0) is 14.2. The van der Waals surface area contributed by atoms with Crippen LogP contribution in [0.4, 0.5) is 0 Å². The van der Waals surface area contributed by atoms with Crippen LogP contribution in [-0.4, -0.2) is 19.6 Å². The van der Waals surface area contributed by atoms with Gasteiger partial charge in [-0.3, -0.25) is 4.99 Å². The molecule has 0 aliphatic rings. The number of guanidine groups is 1. The average Bonchev–Trinajstić information content (AvgIpc) is 3.12. The molecule has 0 saturated heterocycles. The summed E-state index contributed by atoms with van der Waals surface area (Å²) in [4.78, 5) is 5.70. The van der Waals surface area contributed by atoms with Crippen molar-refractivity contribution in [2.75, 3.05) is 13.6 Å². The lowest BCUT2D eigenvalue weighted by molar-refractivity contribution is 0.562. The maximum Gasteiger partial charge on any atom is 0.191 e. The smallest absolute Gasteiger partial charge is 0.191 e. The molecule has 0 fully saturated rings. The van der Waals surface area contributed by atoms with E-state index in [1.54, 1.807) is 11.3 Å². The highest BCUT2D eigenvalue weighted by Gasteiger charge is 2.06. The van der Waals surface area contributed by atoms with Crippen molar-refractivity contribution in [1.82, 2.24) is 10.6 Å². The standard InChI is InChI=1S/C15H21N3S2/c1-12(8-14-4-3-6-20-14)9-17-15(16-2)18-10-13-5-7-19-11-13/h3-7,11-12H,8-10H2,1-2H3,(H2,16,17,18). The molecule has 0 aliphatic heterocycles. The van der Waals surface area contributed by atoms with Crippen LogP contribution in [0.3, 0.4) is 0 Å². The Kier molecular flexibility index (Phi) is 6.08. The molecule has 0 bridgehead atoms. The second-order valence-corrected chi connectivity index (χ2v) is 6.64. The number of hydrogen-bond donors (Lipinski definition) is 2. The molecule has 1 unspecified atom stereocenters. The van der Waals surface area contributed by atoms with Gasteiger partial charge >= 0.3 is 0 Å². The minimum atomic E-state index is 0.591. The van der Waals surface area contributed by atoms with Crippen molar-refractivity contribution in [3.63, 3.8) is 0 Å². The predicted octanol–water partition coefficient (Wildman–Crippen LogP) is 3.35. The van der Waals surface area contributed by atoms with E-state index in [1.165, 1.54) is 10.4 Å². The van der Waals surface area contributed by atoms with Gasteiger partial charge in [0.15, 0.2) is 5.96 Å². The molecule has 0 saturated carbocycles. The van der Waals surface area contributed by atoms with Crippen molar-refractivity contribution in [3.8, 4) is 0 Å². The molecular formula is C15H21N3S2. The van der Waals surface area contributed by atoms with Crippen molar-refractivity contribution >= 4 is 28.6 Å². The number of nitrogens with zero attached hydrogens (tertiary/aromatic N) is 1. The van der Waals surface area contributed by atoms with Gasteiger partial charge in [0.05, 0.1) is 0 Å². The molecule has 2 N–H and O–H groups in total. The number of nitrogens with one attached hydrogen (secondary N) is 2. The first kappa shape index (κ1) is 15.1. The van der Waals surface area contributed by atoms with E-state index < -0.39 is 0 Å². The molecule has 5 heteroatoms. The molecule has 108 valence electrons. The molecule has 2 rings (SSSR count). The van der Waals surface area contributed by atoms with E-state index in [9.17, 15) is 0 Å². The van der Waals surface area contributed by atoms with Crippen molar-refractivity contribution in [3.05, 3.63) is 44.8 Å². The van der Waals surface area contributed by atoms with Gasteiger partial charge in [0.1, 0.15) is 0 Å². The van der Waals surface area contributed by atoms with Gasteiger partial charge in [0, 0.05) is 25.0 Å². The Bertz CT molecular complexity index is 503. The molecule has 20 heavy (non-hydrogen) atoms. The Labute approximate surface area is 128 Å². The van der Waals surface area contributed by atoms with Crippen LogP contribution in [0, 0.1) is 5.92 Å². The molecule has 0 spiro atoms. The summed E-state index contributed by atoms with van der Waals surface area (Å²) in [6.45, 7) is 4.02. The number of rotatable bonds is 6. The van der Waals surface area contributed by atoms with Gasteiger partial charge in [-0.25, -0.2) is 0 Å². The fraction of sp³-hybridized carbons (Fsp3) is 0.400. The van der Waals surface area contributed by atoms with Crippen molar-refractivity contribution < 1.29 is 0 Å². The molecule has 2 aromatic rings. The number of aliphatic imine (C=N–C) groups is 1. The van der Waals surface area contributed by atoms with Crippen LogP contribution in [0.1, 0.15) is 17.4 Å². The van der Waals surface area contributed by atoms with Crippen molar-refractivity contribution in [1.29, 1.82) is 0 Å². The molecule has 0 radical (unpaired) electrons. The maximum absolute atomic E-state index is 4.26. The SMILES string of the molecule is CN=C(NCc1ccsc1)NCC(C)Cc1cccs1. The average molecular weight is 307 g/mol. The van der Waals surface area contributed by atoms with E-state index in [0.717, 1.165) is 25.5 Å². The fourth-order valence-electron chi connectivity index (χ4n) is 1.91. The lowest BCUT2D eigenvalue weighted by Gasteiger charge is -2.15. The third kappa shape index (κ3) is 4.98. The minimum absolute atomic E-state index is 0.591. The monoisotopic (exact) mass is 307 g/mol. The summed E-state index contributed by atoms with van der Waals surface area (Å²) >= 11 is 3.55. The fourth-order valence-corrected chi connectivity index (χ4v) is 3.45. The van der Waals surface area contributed by atoms with Crippen molar-refractivity contribution in [2.24, 2.45) is 10.9 Å². The van der Waals surface area contributed by atoms with E-state index in [1.807, 2.05) is 18.4 Å². The van der Waals surface area contributed by atoms with Gasteiger partial charge < -0.3 is 10.6 Å². The predicted molar refractivity (Wildman–Crippen MR) is 89.7 cm³/mol. The Balaban J connectivity index is 1.70. The highest BCUT2D eigenvalue weighted by atomic mass is 32.1. The first-order chi connectivity index (χ1) is 9.78. The Morgan fingerprint density at radius 3 is 2.85 bits per heavy atom. The Hall–Kier alpha value is -1.33. The van der Waals surface area contributed by atoms with Gasteiger partial charge in [0.25, 0.3) is 0 Å². The van der Waals surface area contributed by atoms with Crippen LogP contribution in [0.5, 0.6) is 0 Å². The topological polar surface area (TPSA) is 36.4 Å². The van der Waals surface area contributed by atoms with Gasteiger partial charge in [0.2, 0.25) is 0 Å². The first-order valence-corrected chi connectivity index (χ1v) is 8.58. The molecule has 0 aromatic carbocycles. The van der Waals surface area contributed by atoms with E-state index >= 15 is 0 Å². The molecule has 3 nitrogen and oxygen atoms in total. The van der Waals surface area contributed by atoms with Gasteiger partial charge in [-0.05, 0) is 46.2 Å². The molecule has 2 heterocycles. The molecule has 1 atom stereocenters. The summed E-state index contributed by atoms with van der Waals surface area (Å²) in [5.41, 5.74) is 1.30. The quantitative estimate of drug-likeness (QED) is 0.634. The number of thiophene rings is 2. The zero-order valence-electron chi connectivity index (χ0n) is 11.9. The minimum Gasteiger partial charge on any atom is -0.356 e. The summed E-state index contributed by atoms with van der Waals surface area (Å²) < 4.78 is 0. The maximum atomic E-state index is 4.26. The van der Waals surface area contributed by atoms with Crippen LogP contribution in [0.2, 0.25) is 0 Å². The first-order valence-electron chi connectivity index (χ1n) is 6.76. The van der Waals surface area contributed by atoms with Gasteiger partial charge in [-0.15, -0.1) is 11.3 Å². The molecule has 2 aromatic heterocycles. The molecule has 0 amide bonds. The van der Waals surface area contributed by atoms with Crippen molar-refractivity contribution in [2.45, 2.75) is 19.9 Å². The summed E-state index contributed by atoms with van der Waals surface area (Å²) in [6, 6.07) is 6.44. The summed E-state index contributed by atoms with van der Waals surface area (Å²) in [7, 11) is 1.81. The largest absolute Gasteiger partial charge is 0.356 e. The third-order valence-corrected chi connectivity index (χ3v) is 4.64. The lowest BCUT2D eigenvalue weighted by Crippen LogP contribution is -2.39. The summed E-state index contributed by atoms with van der Waals surface area (Å²) in [6.07, 6.45) is 1.12. The molecular weight excluding hydrogens is 286 g/mol. The summed E-state index contributed by atoms with van der Waals surface area (Å²) in [5.74, 6) is 1.46. The Morgan fingerprint density at radius 1 is 1.30 bits per heavy atom. The van der Waals surface area contributed by atoms with Crippen LogP contribution in [0.15, 0.2) is 39.3 Å². The van der Waals surface area contributed by atoms with Crippen LogP contribution >= 0.6 is 22.7 Å². The van der Waals surface area contributed by atoms with Crippen LogP contribution in [0.25, 0.3) is 0 Å². The van der Waals surface area contributed by atoms with E-state index in [4.69, 9.17) is 0 Å². The van der Waals surface area contributed by atoms with E-state index in [2.05, 4.69) is 56.9 Å². The highest BCUT2D eigenvalue weighted by Crippen LogP contribution is 2.13. The summed E-state index contributed by atoms with van der Waals surface area (Å²) in [5, 5.41) is 13.1. The van der Waals surface area contributed by atoms with Crippen LogP contribution < -0.4 is 10.6 Å². The van der Waals surface area contributed by atoms with E-state index in [0.29, 0.717) is 5.92 Å². The van der Waals surface area contributed by atoms with Crippen LogP contribution in [-0.2, 0) is 13.0 Å². The molecule has 0 aliphatic carbocycles. The van der Waals surface area contributed by atoms with E-state index in [-0.39, 0.29) is 0 Å².